The summed E-state index contributed by atoms with van der Waals surface area (Å²) >= 11 is 0. The van der Waals surface area contributed by atoms with Crippen LogP contribution >= 0.6 is 0 Å². The fourth-order valence-corrected chi connectivity index (χ4v) is 9.97. The average molecular weight is 1140 g/mol. The molecule has 8 bridgehead atoms. The molecule has 8 nitrogen and oxygen atoms in total. The van der Waals surface area contributed by atoms with Gasteiger partial charge in [-0.1, -0.05) is 0 Å². The minimum atomic E-state index is -2.08. The molecule has 0 saturated carbocycles. The zero-order valence-corrected chi connectivity index (χ0v) is 44.3. The third-order valence-electron chi connectivity index (χ3n) is 13.4. The van der Waals surface area contributed by atoms with E-state index in [9.17, 15) is 0 Å². The largest absolute Gasteiger partial charge is 0.354 e. The summed E-state index contributed by atoms with van der Waals surface area (Å²) in [5.41, 5.74) is -20.2. The summed E-state index contributed by atoms with van der Waals surface area (Å²) in [7, 11) is 14.1. The lowest BCUT2D eigenvalue weighted by Crippen LogP contribution is -2.37. The molecule has 2 N–H and O–H groups in total. The maximum Gasteiger partial charge on any atom is 0.223 e. The van der Waals surface area contributed by atoms with E-state index in [4.69, 9.17) is 0 Å². The van der Waals surface area contributed by atoms with Crippen LogP contribution in [0.25, 0.3) is 90.9 Å². The summed E-state index contributed by atoms with van der Waals surface area (Å²) in [6.07, 6.45) is 3.42. The Morgan fingerprint density at radius 3 is 0.625 bits per heavy atom. The van der Waals surface area contributed by atoms with Gasteiger partial charge in [0, 0.05) is 44.3 Å². The van der Waals surface area contributed by atoms with Crippen molar-refractivity contribution < 1.29 is 70.2 Å². The van der Waals surface area contributed by atoms with Gasteiger partial charge >= 0.3 is 0 Å². The van der Waals surface area contributed by atoms with Crippen molar-refractivity contribution in [3.8, 4) is 44.5 Å². The zero-order valence-electron chi connectivity index (χ0n) is 44.3. The Hall–Kier alpha value is -7.80. The van der Waals surface area contributed by atoms with Crippen LogP contribution in [0.1, 0.15) is 22.8 Å². The van der Waals surface area contributed by atoms with E-state index in [0.29, 0.717) is 0 Å². The van der Waals surface area contributed by atoms with Gasteiger partial charge in [-0.2, -0.15) is 35.1 Å². The second-order valence-corrected chi connectivity index (χ2v) is 22.5. The van der Waals surface area contributed by atoms with Crippen molar-refractivity contribution in [2.24, 2.45) is 0 Å². The predicted octanol–water partition coefficient (Wildman–Crippen LogP) is 14.3. The summed E-state index contributed by atoms with van der Waals surface area (Å²) < 4.78 is 262. The van der Waals surface area contributed by atoms with E-state index in [0.717, 1.165) is 48.6 Å². The fourth-order valence-electron chi connectivity index (χ4n) is 9.97. The molecular weight excluding hydrogens is 1090 g/mol. The number of hydrogen-bond acceptors (Lipinski definition) is 2. The van der Waals surface area contributed by atoms with Crippen LogP contribution in [0.2, 0.25) is 0 Å². The summed E-state index contributed by atoms with van der Waals surface area (Å²) in [4.78, 5) is 13.8. The van der Waals surface area contributed by atoms with Crippen LogP contribution < -0.4 is 17.9 Å². The maximum atomic E-state index is 16.9. The molecule has 0 spiro atoms. The zero-order chi connectivity index (χ0) is 59.3. The molecule has 0 saturated heterocycles. The monoisotopic (exact) mass is 1130 g/mol. The smallest absolute Gasteiger partial charge is 0.223 e. The minimum absolute atomic E-state index is 0.652. The van der Waals surface area contributed by atoms with E-state index < -0.39 is 223 Å². The van der Waals surface area contributed by atoms with Crippen molar-refractivity contribution in [3.63, 3.8) is 0 Å². The number of benzene rings is 4. The van der Waals surface area contributed by atoms with Crippen LogP contribution in [0.15, 0.2) is 24.3 Å². The molecule has 0 atom stereocenters. The molecule has 3 aromatic heterocycles. The van der Waals surface area contributed by atoms with E-state index in [-0.39, 0.29) is 0 Å². The second kappa shape index (κ2) is 18.9. The summed E-state index contributed by atoms with van der Waals surface area (Å²) in [6, 6.07) is 3.62. The molecule has 80 heavy (non-hydrogen) atoms. The summed E-state index contributed by atoms with van der Waals surface area (Å²) in [5, 5.41) is 0. The van der Waals surface area contributed by atoms with Gasteiger partial charge in [-0.25, -0.2) is 45.1 Å². The first-order chi connectivity index (χ1) is 36.9. The molecule has 0 amide bonds. The highest BCUT2D eigenvalue weighted by molar-refractivity contribution is 6.01. The van der Waals surface area contributed by atoms with Gasteiger partial charge in [0.05, 0.1) is 130 Å². The number of fused-ring (bicyclic) bond motifs is 8. The van der Waals surface area contributed by atoms with Gasteiger partial charge in [0.25, 0.3) is 0 Å². The van der Waals surface area contributed by atoms with Crippen molar-refractivity contribution in [2.75, 3.05) is 84.6 Å². The first kappa shape index (κ1) is 56.9. The second-order valence-electron chi connectivity index (χ2n) is 22.5. The molecule has 0 fully saturated rings. The molecule has 9 rings (SSSR count). The molecule has 5 heterocycles. The highest BCUT2D eigenvalue weighted by atomic mass is 19.2. The quantitative estimate of drug-likeness (QED) is 0.0905. The van der Waals surface area contributed by atoms with Crippen LogP contribution in [0.5, 0.6) is 0 Å². The Kier molecular flexibility index (Phi) is 13.5. The lowest BCUT2D eigenvalue weighted by Gasteiger charge is -2.25. The maximum absolute atomic E-state index is 16.9. The van der Waals surface area contributed by atoms with Crippen molar-refractivity contribution in [1.82, 2.24) is 37.9 Å². The molecule has 2 aliphatic rings. The van der Waals surface area contributed by atoms with Crippen LogP contribution in [0.3, 0.4) is 0 Å². The number of aromatic amines is 2. The van der Waals surface area contributed by atoms with Crippen LogP contribution in [0.4, 0.5) is 93.0 Å². The number of H-pyrrole nitrogens is 2. The molecule has 0 unspecified atom stereocenters. The minimum Gasteiger partial charge on any atom is -0.354 e. The Bertz CT molecular complexity index is 3830. The Morgan fingerprint density at radius 2 is 0.412 bits per heavy atom. The first-order valence-electron chi connectivity index (χ1n) is 23.8. The SMILES string of the molecule is C[N+](C)(C)c1c(F)c(F)c(-c2c3nc(c(-c4c(F)c(F)c([N+](C)(C)C)c(F)c4F)c4ccc([nH]4)c(-c4c(F)c(F)c([N+](C)(C)C)c(F)c4F)c4ccc([nH]4)c(-c4c(F)c(F)c([N+](C)(C)C)c(F)c4F)c4nc2C=C4)C=C3)c(F)c1F. The number of halogens is 16. The molecule has 7 aromatic rings. The van der Waals surface area contributed by atoms with E-state index in [1.54, 1.807) is 0 Å². The number of rotatable bonds is 8. The molecule has 2 aliphatic heterocycles. The molecular formula is C56H46F16N8+4. The topological polar surface area (TPSA) is 57.4 Å². The van der Waals surface area contributed by atoms with E-state index >= 15 is 70.2 Å². The van der Waals surface area contributed by atoms with Crippen molar-refractivity contribution in [2.45, 2.75) is 0 Å². The van der Waals surface area contributed by atoms with Gasteiger partial charge in [0.1, 0.15) is 0 Å². The third kappa shape index (κ3) is 8.73. The van der Waals surface area contributed by atoms with Gasteiger partial charge < -0.3 is 9.97 Å². The molecule has 0 radical (unpaired) electrons. The van der Waals surface area contributed by atoms with Crippen molar-refractivity contribution >= 4 is 69.1 Å². The fraction of sp³-hybridized carbons (Fsp3) is 0.214. The van der Waals surface area contributed by atoms with Crippen LogP contribution in [-0.4, -0.2) is 105 Å². The summed E-state index contributed by atoms with van der Waals surface area (Å²) in [5.74, 6) is -32.1. The van der Waals surface area contributed by atoms with E-state index in [1.165, 1.54) is 84.6 Å². The number of aromatic nitrogens is 4. The Balaban J connectivity index is 1.60. The molecule has 4 aromatic carbocycles. The number of hydrogen-bond donors (Lipinski definition) is 2. The standard InChI is InChI=1S/C56H46F16N8/c1-77(2,3)53-45(65)37(57)33(38(58)46(53)66)29-21-13-15-23(73-21)30(34-39(59)47(67)54(78(4,5)6)48(68)40(34)60)25-17-19-27(75-25)32(36-43(63)51(71)56(80(10,11)12)52(72)44(36)64)28-20-18-26(76-28)31(24-16-14-22(29)74-24)35-41(61)49(69)55(79(7,8)9)50(70)42(35)62/h13-20,73-74H,1-12H3/q+4. The average Bonchev–Trinajstić information content (AvgIpc) is 4.20. The van der Waals surface area contributed by atoms with Gasteiger partial charge in [-0.05, 0) is 48.6 Å². The lowest BCUT2D eigenvalue weighted by molar-refractivity contribution is 0.390. The Labute approximate surface area is 445 Å². The Morgan fingerprint density at radius 1 is 0.237 bits per heavy atom. The van der Waals surface area contributed by atoms with Crippen molar-refractivity contribution in [1.29, 1.82) is 0 Å². The third-order valence-corrected chi connectivity index (χ3v) is 13.4. The van der Waals surface area contributed by atoms with Crippen LogP contribution in [-0.2, 0) is 0 Å². The molecule has 24 heteroatoms. The highest BCUT2D eigenvalue weighted by Gasteiger charge is 2.41. The predicted molar refractivity (Wildman–Crippen MR) is 278 cm³/mol. The number of quaternary nitrogens is 4. The van der Waals surface area contributed by atoms with Crippen LogP contribution in [0, 0.1) is 93.1 Å². The highest BCUT2D eigenvalue weighted by Crippen LogP contribution is 2.48. The lowest BCUT2D eigenvalue weighted by atomic mass is 9.99. The first-order valence-corrected chi connectivity index (χ1v) is 23.8. The van der Waals surface area contributed by atoms with E-state index in [2.05, 4.69) is 19.9 Å². The summed E-state index contributed by atoms with van der Waals surface area (Å²) in [6.45, 7) is 0. The van der Waals surface area contributed by atoms with Gasteiger partial charge in [0.15, 0.2) is 46.5 Å². The number of nitrogens with one attached hydrogen (secondary N) is 2. The number of nitrogens with zero attached hydrogens (tertiary/aromatic N) is 6. The van der Waals surface area contributed by atoms with Gasteiger partial charge in [-0.15, -0.1) is 0 Å². The van der Waals surface area contributed by atoms with Gasteiger partial charge in [-0.3, -0.25) is 17.9 Å². The van der Waals surface area contributed by atoms with Gasteiger partial charge in [0.2, 0.25) is 69.3 Å². The van der Waals surface area contributed by atoms with E-state index in [1.807, 2.05) is 0 Å². The molecule has 0 aliphatic carbocycles. The van der Waals surface area contributed by atoms with Crippen molar-refractivity contribution in [3.05, 3.63) is 140 Å². The molecule has 418 valence electrons. The normalized spacial score (nSPS) is 13.2.